The number of hydrogen-bond donors (Lipinski definition) is 1. The molecule has 4 aliphatic carbocycles. The maximum atomic E-state index is 6.09. The van der Waals surface area contributed by atoms with Gasteiger partial charge in [-0.05, 0) is 80.2 Å². The van der Waals surface area contributed by atoms with Gasteiger partial charge in [0.1, 0.15) is 5.75 Å². The topological polar surface area (TPSA) is 35.2 Å². The lowest BCUT2D eigenvalue weighted by Gasteiger charge is -2.54. The molecular weight excluding hydrogens is 246 g/mol. The van der Waals surface area contributed by atoms with Gasteiger partial charge in [-0.3, -0.25) is 0 Å². The van der Waals surface area contributed by atoms with Crippen molar-refractivity contribution in [2.75, 3.05) is 12.3 Å². The molecule has 0 unspecified atom stereocenters. The van der Waals surface area contributed by atoms with E-state index in [-0.39, 0.29) is 0 Å². The second-order valence-corrected chi connectivity index (χ2v) is 7.42. The van der Waals surface area contributed by atoms with Crippen molar-refractivity contribution >= 4 is 5.69 Å². The van der Waals surface area contributed by atoms with Gasteiger partial charge in [0.2, 0.25) is 0 Å². The molecule has 0 amide bonds. The average molecular weight is 271 g/mol. The molecule has 2 heteroatoms. The Balaban J connectivity index is 1.43. The summed E-state index contributed by atoms with van der Waals surface area (Å²) in [7, 11) is 0. The first kappa shape index (κ1) is 12.6. The quantitative estimate of drug-likeness (QED) is 0.842. The molecule has 1 aromatic carbocycles. The number of nitrogens with two attached hydrogens (primary N) is 1. The van der Waals surface area contributed by atoms with Crippen molar-refractivity contribution in [3.8, 4) is 5.75 Å². The summed E-state index contributed by atoms with van der Waals surface area (Å²) in [6.07, 6.45) is 7.40. The lowest BCUT2D eigenvalue weighted by molar-refractivity contribution is -0.0529. The van der Waals surface area contributed by atoms with Gasteiger partial charge >= 0.3 is 0 Å². The summed E-state index contributed by atoms with van der Waals surface area (Å²) in [4.78, 5) is 0. The van der Waals surface area contributed by atoms with E-state index in [0.717, 1.165) is 53.2 Å². The third-order valence-electron chi connectivity index (χ3n) is 6.12. The molecule has 2 N–H and O–H groups in total. The van der Waals surface area contributed by atoms with Crippen molar-refractivity contribution in [3.63, 3.8) is 0 Å². The van der Waals surface area contributed by atoms with E-state index in [4.69, 9.17) is 10.5 Å². The van der Waals surface area contributed by atoms with Crippen molar-refractivity contribution < 1.29 is 4.74 Å². The molecule has 1 aromatic rings. The van der Waals surface area contributed by atoms with Gasteiger partial charge in [0.05, 0.1) is 6.61 Å². The zero-order valence-corrected chi connectivity index (χ0v) is 12.3. The molecular formula is C18H25NO. The van der Waals surface area contributed by atoms with Gasteiger partial charge in [0, 0.05) is 11.8 Å². The van der Waals surface area contributed by atoms with Crippen molar-refractivity contribution in [3.05, 3.63) is 23.8 Å². The summed E-state index contributed by atoms with van der Waals surface area (Å²) in [5, 5.41) is 0. The number of anilines is 1. The molecule has 0 radical (unpaired) electrons. The minimum absolute atomic E-state index is 0.797. The zero-order valence-electron chi connectivity index (χ0n) is 12.3. The first-order valence-electron chi connectivity index (χ1n) is 8.18. The van der Waals surface area contributed by atoms with Gasteiger partial charge < -0.3 is 10.5 Å². The van der Waals surface area contributed by atoms with E-state index < -0.39 is 0 Å². The third-order valence-corrected chi connectivity index (χ3v) is 6.12. The van der Waals surface area contributed by atoms with E-state index in [2.05, 4.69) is 12.1 Å². The highest BCUT2D eigenvalue weighted by molar-refractivity contribution is 5.50. The Labute approximate surface area is 121 Å². The molecule has 0 spiro atoms. The summed E-state index contributed by atoms with van der Waals surface area (Å²) >= 11 is 0. The molecule has 0 heterocycles. The Kier molecular flexibility index (Phi) is 2.94. The Bertz CT molecular complexity index is 482. The molecule has 5 rings (SSSR count). The third kappa shape index (κ3) is 2.10. The average Bonchev–Trinajstić information content (AvgIpc) is 2.41. The van der Waals surface area contributed by atoms with Crippen LogP contribution in [-0.4, -0.2) is 6.61 Å². The Hall–Kier alpha value is -1.18. The van der Waals surface area contributed by atoms with E-state index >= 15 is 0 Å². The van der Waals surface area contributed by atoms with Crippen LogP contribution in [0, 0.1) is 36.5 Å². The predicted molar refractivity (Wildman–Crippen MR) is 81.6 cm³/mol. The van der Waals surface area contributed by atoms with Crippen molar-refractivity contribution in [2.24, 2.45) is 29.6 Å². The summed E-state index contributed by atoms with van der Waals surface area (Å²) in [5.74, 6) is 5.71. The number of benzene rings is 1. The molecule has 2 nitrogen and oxygen atoms in total. The van der Waals surface area contributed by atoms with Crippen molar-refractivity contribution in [1.29, 1.82) is 0 Å². The van der Waals surface area contributed by atoms with Crippen LogP contribution in [0.1, 0.15) is 37.7 Å². The maximum Gasteiger partial charge on any atom is 0.121 e. The molecule has 20 heavy (non-hydrogen) atoms. The van der Waals surface area contributed by atoms with E-state index in [1.54, 1.807) is 0 Å². The number of nitrogen functional groups attached to an aromatic ring is 1. The van der Waals surface area contributed by atoms with Gasteiger partial charge in [-0.2, -0.15) is 0 Å². The lowest BCUT2D eigenvalue weighted by Crippen LogP contribution is -2.47. The monoisotopic (exact) mass is 271 g/mol. The minimum Gasteiger partial charge on any atom is -0.493 e. The first-order valence-corrected chi connectivity index (χ1v) is 8.18. The minimum atomic E-state index is 0.797. The van der Waals surface area contributed by atoms with E-state index in [9.17, 15) is 0 Å². The SMILES string of the molecule is Cc1ccc(OCC2C3CC4CC(C3)CC2C4)cc1N. The smallest absolute Gasteiger partial charge is 0.121 e. The second kappa shape index (κ2) is 4.68. The largest absolute Gasteiger partial charge is 0.493 e. The van der Waals surface area contributed by atoms with E-state index in [1.807, 2.05) is 13.0 Å². The van der Waals surface area contributed by atoms with Crippen LogP contribution in [-0.2, 0) is 0 Å². The van der Waals surface area contributed by atoms with Crippen LogP contribution < -0.4 is 10.5 Å². The Morgan fingerprint density at radius 1 is 1.05 bits per heavy atom. The van der Waals surface area contributed by atoms with Gasteiger partial charge in [0.25, 0.3) is 0 Å². The van der Waals surface area contributed by atoms with Gasteiger partial charge in [-0.25, -0.2) is 0 Å². The number of ether oxygens (including phenoxy) is 1. The highest BCUT2D eigenvalue weighted by Crippen LogP contribution is 2.56. The van der Waals surface area contributed by atoms with Crippen molar-refractivity contribution in [2.45, 2.75) is 39.0 Å². The molecule has 0 aromatic heterocycles. The van der Waals surface area contributed by atoms with Crippen LogP contribution in [0.4, 0.5) is 5.69 Å². The molecule has 0 saturated heterocycles. The first-order chi connectivity index (χ1) is 9.69. The standard InChI is InChI=1S/C18H25NO/c1-11-2-3-16(9-18(11)19)20-10-17-14-5-12-4-13(7-14)8-15(17)6-12/h2-3,9,12-15,17H,4-8,10,19H2,1H3. The van der Waals surface area contributed by atoms with Crippen LogP contribution in [0.25, 0.3) is 0 Å². The molecule has 4 saturated carbocycles. The van der Waals surface area contributed by atoms with Gasteiger partial charge in [0.15, 0.2) is 0 Å². The predicted octanol–water partition coefficient (Wildman–Crippen LogP) is 4.03. The molecule has 0 atom stereocenters. The summed E-state index contributed by atoms with van der Waals surface area (Å²) in [6, 6.07) is 6.09. The lowest BCUT2D eigenvalue weighted by atomic mass is 9.52. The van der Waals surface area contributed by atoms with Crippen LogP contribution in [0.15, 0.2) is 18.2 Å². The van der Waals surface area contributed by atoms with Crippen LogP contribution >= 0.6 is 0 Å². The normalized spacial score (nSPS) is 38.1. The second-order valence-electron chi connectivity index (χ2n) is 7.42. The van der Waals surface area contributed by atoms with Crippen molar-refractivity contribution in [1.82, 2.24) is 0 Å². The zero-order chi connectivity index (χ0) is 13.7. The number of aryl methyl sites for hydroxylation is 1. The van der Waals surface area contributed by atoms with E-state index in [1.165, 1.54) is 32.1 Å². The molecule has 108 valence electrons. The Morgan fingerprint density at radius 3 is 2.30 bits per heavy atom. The fourth-order valence-electron chi connectivity index (χ4n) is 5.21. The summed E-state index contributed by atoms with van der Waals surface area (Å²) in [6.45, 7) is 2.94. The maximum absolute atomic E-state index is 6.09. The van der Waals surface area contributed by atoms with E-state index in [0.29, 0.717) is 0 Å². The highest BCUT2D eigenvalue weighted by atomic mass is 16.5. The van der Waals surface area contributed by atoms with Gasteiger partial charge in [-0.1, -0.05) is 6.07 Å². The molecule has 0 aliphatic heterocycles. The van der Waals surface area contributed by atoms with Gasteiger partial charge in [-0.15, -0.1) is 0 Å². The van der Waals surface area contributed by atoms with Crippen LogP contribution in [0.5, 0.6) is 5.75 Å². The number of rotatable bonds is 3. The van der Waals surface area contributed by atoms with Crippen LogP contribution in [0.2, 0.25) is 0 Å². The summed E-state index contributed by atoms with van der Waals surface area (Å²) in [5.41, 5.74) is 7.94. The molecule has 4 fully saturated rings. The number of hydrogen-bond acceptors (Lipinski definition) is 2. The fourth-order valence-corrected chi connectivity index (χ4v) is 5.21. The van der Waals surface area contributed by atoms with Crippen LogP contribution in [0.3, 0.4) is 0 Å². The Morgan fingerprint density at radius 2 is 1.70 bits per heavy atom. The molecule has 4 aliphatic rings. The molecule has 4 bridgehead atoms. The summed E-state index contributed by atoms with van der Waals surface area (Å²) < 4.78 is 6.09. The highest BCUT2D eigenvalue weighted by Gasteiger charge is 2.48. The fraction of sp³-hybridized carbons (Fsp3) is 0.667.